The van der Waals surface area contributed by atoms with Crippen LogP contribution in [-0.4, -0.2) is 33.2 Å². The first-order valence-electron chi connectivity index (χ1n) is 13.3. The van der Waals surface area contributed by atoms with Crippen molar-refractivity contribution >= 4 is 39.5 Å². The van der Waals surface area contributed by atoms with Gasteiger partial charge in [-0.25, -0.2) is 14.4 Å². The smallest absolute Gasteiger partial charge is 0.343 e. The number of aromatic hydroxyl groups is 3. The molecular weight excluding hydrogens is 564 g/mol. The predicted octanol–water partition coefficient (Wildman–Crippen LogP) is 6.77. The summed E-state index contributed by atoms with van der Waals surface area (Å²) in [6.45, 7) is 0. The first kappa shape index (κ1) is 27.8. The van der Waals surface area contributed by atoms with E-state index in [4.69, 9.17) is 14.2 Å². The summed E-state index contributed by atoms with van der Waals surface area (Å²) in [6.07, 6.45) is 0. The summed E-state index contributed by atoms with van der Waals surface area (Å²) in [5, 5.41) is 31.4. The molecule has 0 heterocycles. The number of rotatable bonds is 6. The third kappa shape index (κ3) is 5.57. The lowest BCUT2D eigenvalue weighted by molar-refractivity contribution is 0.0684. The van der Waals surface area contributed by atoms with Crippen LogP contribution < -0.4 is 14.2 Å². The van der Waals surface area contributed by atoms with Crippen molar-refractivity contribution in [1.82, 2.24) is 0 Å². The normalized spacial score (nSPS) is 10.8. The van der Waals surface area contributed by atoms with Gasteiger partial charge >= 0.3 is 17.9 Å². The summed E-state index contributed by atoms with van der Waals surface area (Å²) < 4.78 is 17.4. The second kappa shape index (κ2) is 11.5. The first-order valence-corrected chi connectivity index (χ1v) is 13.3. The quantitative estimate of drug-likeness (QED) is 0.110. The van der Waals surface area contributed by atoms with Crippen LogP contribution in [0.15, 0.2) is 115 Å². The van der Waals surface area contributed by atoms with Crippen molar-refractivity contribution in [3.05, 3.63) is 132 Å². The minimum atomic E-state index is -0.852. The van der Waals surface area contributed by atoms with Crippen LogP contribution in [-0.2, 0) is 0 Å². The Labute approximate surface area is 249 Å². The van der Waals surface area contributed by atoms with Crippen molar-refractivity contribution < 1.29 is 43.9 Å². The molecule has 0 aliphatic rings. The second-order valence-corrected chi connectivity index (χ2v) is 9.73. The summed E-state index contributed by atoms with van der Waals surface area (Å²) in [7, 11) is 0. The molecule has 44 heavy (non-hydrogen) atoms. The number of phenolic OH excluding ortho intramolecular Hbond substituents is 3. The molecule has 0 aromatic heterocycles. The van der Waals surface area contributed by atoms with Gasteiger partial charge in [-0.05, 0) is 78.2 Å². The van der Waals surface area contributed by atoms with Crippen LogP contribution in [0.25, 0.3) is 21.5 Å². The number of benzene rings is 6. The molecule has 0 atom stereocenters. The average molecular weight is 587 g/mol. The number of phenols is 3. The minimum Gasteiger partial charge on any atom is -0.508 e. The highest BCUT2D eigenvalue weighted by Crippen LogP contribution is 2.44. The molecule has 6 aromatic carbocycles. The zero-order valence-corrected chi connectivity index (χ0v) is 22.8. The van der Waals surface area contributed by atoms with Crippen molar-refractivity contribution in [3.8, 4) is 34.5 Å². The molecular formula is C35H22O9. The van der Waals surface area contributed by atoms with Crippen LogP contribution in [0.2, 0.25) is 0 Å². The first-order chi connectivity index (χ1) is 21.3. The SMILES string of the molecule is O=C(Oc1ccc2c(OC(=O)c3cccc(O)c3)c3ccccc3cc2c1OC(=O)c1cccc(O)c1)c1cccc(O)c1. The fraction of sp³-hybridized carbons (Fsp3) is 0. The molecule has 6 aromatic rings. The molecule has 0 aliphatic heterocycles. The van der Waals surface area contributed by atoms with Crippen LogP contribution >= 0.6 is 0 Å². The number of esters is 3. The molecule has 3 N–H and O–H groups in total. The lowest BCUT2D eigenvalue weighted by Crippen LogP contribution is -2.13. The van der Waals surface area contributed by atoms with Gasteiger partial charge in [-0.2, -0.15) is 0 Å². The van der Waals surface area contributed by atoms with Crippen molar-refractivity contribution in [2.75, 3.05) is 0 Å². The van der Waals surface area contributed by atoms with E-state index >= 15 is 0 Å². The highest BCUT2D eigenvalue weighted by atomic mass is 16.6. The lowest BCUT2D eigenvalue weighted by Gasteiger charge is -2.17. The van der Waals surface area contributed by atoms with E-state index in [0.29, 0.717) is 16.2 Å². The Hall–Kier alpha value is -6.35. The zero-order valence-electron chi connectivity index (χ0n) is 22.8. The van der Waals surface area contributed by atoms with Crippen LogP contribution in [0, 0.1) is 0 Å². The highest BCUT2D eigenvalue weighted by Gasteiger charge is 2.23. The maximum Gasteiger partial charge on any atom is 0.343 e. The Morgan fingerprint density at radius 2 is 0.932 bits per heavy atom. The Bertz CT molecular complexity index is 2100. The number of carbonyl (C=O) groups is 3. The fourth-order valence-corrected chi connectivity index (χ4v) is 4.71. The summed E-state index contributed by atoms with van der Waals surface area (Å²) in [5.41, 5.74) is 0.191. The van der Waals surface area contributed by atoms with Crippen molar-refractivity contribution in [2.45, 2.75) is 0 Å². The Morgan fingerprint density at radius 3 is 1.48 bits per heavy atom. The van der Waals surface area contributed by atoms with Crippen molar-refractivity contribution in [2.24, 2.45) is 0 Å². The maximum atomic E-state index is 13.3. The van der Waals surface area contributed by atoms with E-state index in [-0.39, 0.29) is 56.6 Å². The molecule has 0 spiro atoms. The minimum absolute atomic E-state index is 0.0311. The largest absolute Gasteiger partial charge is 0.508 e. The highest BCUT2D eigenvalue weighted by molar-refractivity contribution is 6.11. The molecule has 216 valence electrons. The predicted molar refractivity (Wildman–Crippen MR) is 161 cm³/mol. The van der Waals surface area contributed by atoms with Crippen LogP contribution in [0.5, 0.6) is 34.5 Å². The summed E-state index contributed by atoms with van der Waals surface area (Å²) in [5.74, 6) is -2.95. The van der Waals surface area contributed by atoms with Gasteiger partial charge in [-0.3, -0.25) is 0 Å². The maximum absolute atomic E-state index is 13.3. The van der Waals surface area contributed by atoms with Crippen molar-refractivity contribution in [3.63, 3.8) is 0 Å². The molecule has 0 amide bonds. The average Bonchev–Trinajstić information content (AvgIpc) is 3.02. The topological polar surface area (TPSA) is 140 Å². The Morgan fingerprint density at radius 1 is 0.432 bits per heavy atom. The second-order valence-electron chi connectivity index (χ2n) is 9.73. The monoisotopic (exact) mass is 586 g/mol. The van der Waals surface area contributed by atoms with Gasteiger partial charge in [0.25, 0.3) is 0 Å². The van der Waals surface area contributed by atoms with E-state index in [0.717, 1.165) is 0 Å². The van der Waals surface area contributed by atoms with Crippen LogP contribution in [0.4, 0.5) is 0 Å². The van der Waals surface area contributed by atoms with E-state index in [9.17, 15) is 29.7 Å². The van der Waals surface area contributed by atoms with Crippen LogP contribution in [0.1, 0.15) is 31.1 Å². The van der Waals surface area contributed by atoms with Gasteiger partial charge < -0.3 is 29.5 Å². The van der Waals surface area contributed by atoms with Crippen molar-refractivity contribution in [1.29, 1.82) is 0 Å². The van der Waals surface area contributed by atoms with Gasteiger partial charge in [0, 0.05) is 16.2 Å². The van der Waals surface area contributed by atoms with Gasteiger partial charge in [-0.1, -0.05) is 42.5 Å². The number of hydrogen-bond donors (Lipinski definition) is 3. The number of fused-ring (bicyclic) bond motifs is 2. The van der Waals surface area contributed by atoms with E-state index in [2.05, 4.69) is 0 Å². The third-order valence-electron chi connectivity index (χ3n) is 6.75. The van der Waals surface area contributed by atoms with Gasteiger partial charge in [0.1, 0.15) is 23.0 Å². The molecule has 0 fully saturated rings. The molecule has 0 saturated heterocycles. The van der Waals surface area contributed by atoms with Gasteiger partial charge in [-0.15, -0.1) is 0 Å². The molecule has 6 rings (SSSR count). The van der Waals surface area contributed by atoms with Gasteiger partial charge in [0.2, 0.25) is 0 Å². The zero-order chi connectivity index (χ0) is 30.8. The molecule has 0 radical (unpaired) electrons. The summed E-state index contributed by atoms with van der Waals surface area (Å²) in [6, 6.07) is 28.6. The number of carbonyl (C=O) groups excluding carboxylic acids is 3. The molecule has 0 unspecified atom stereocenters. The number of ether oxygens (including phenoxy) is 3. The van der Waals surface area contributed by atoms with E-state index in [1.165, 1.54) is 78.9 Å². The van der Waals surface area contributed by atoms with Gasteiger partial charge in [0.05, 0.1) is 16.7 Å². The number of hydrogen-bond acceptors (Lipinski definition) is 9. The summed E-state index contributed by atoms with van der Waals surface area (Å²) in [4.78, 5) is 39.6. The standard InChI is InChI=1S/C35H22O9/c36-24-10-3-7-21(16-24)33(39)42-30-15-14-28-29(32(30)44-35(41)23-9-5-12-26(38)18-23)19-20-6-1-2-13-27(20)31(28)43-34(40)22-8-4-11-25(37)17-22/h1-19,36-38H. The van der Waals surface area contributed by atoms with E-state index in [1.807, 2.05) is 0 Å². The van der Waals surface area contributed by atoms with E-state index < -0.39 is 17.9 Å². The Kier molecular flexibility index (Phi) is 7.26. The van der Waals surface area contributed by atoms with Crippen LogP contribution in [0.3, 0.4) is 0 Å². The third-order valence-corrected chi connectivity index (χ3v) is 6.75. The molecule has 0 aliphatic carbocycles. The summed E-state index contributed by atoms with van der Waals surface area (Å²) >= 11 is 0. The van der Waals surface area contributed by atoms with E-state index in [1.54, 1.807) is 36.4 Å². The molecule has 0 saturated carbocycles. The fourth-order valence-electron chi connectivity index (χ4n) is 4.71. The van der Waals surface area contributed by atoms with Gasteiger partial charge in [0.15, 0.2) is 11.5 Å². The molecule has 0 bridgehead atoms. The lowest BCUT2D eigenvalue weighted by atomic mass is 10.0. The molecule has 9 heteroatoms. The molecule has 9 nitrogen and oxygen atoms in total. The Balaban J connectivity index is 1.52.